The van der Waals surface area contributed by atoms with Crippen LogP contribution in [-0.4, -0.2) is 59.9 Å². The van der Waals surface area contributed by atoms with E-state index in [1.165, 1.54) is 9.35 Å². The van der Waals surface area contributed by atoms with Gasteiger partial charge in [-0.25, -0.2) is 9.35 Å². The van der Waals surface area contributed by atoms with E-state index < -0.39 is 10.2 Å². The molecule has 0 bridgehead atoms. The molecule has 6 aromatic heterocycles. The van der Waals surface area contributed by atoms with E-state index in [1.54, 1.807) is 24.8 Å². The predicted molar refractivity (Wildman–Crippen MR) is 154 cm³/mol. The second kappa shape index (κ2) is 19.6. The molecule has 4 N–H and O–H groups in total. The Hall–Kier alpha value is -5.64. The second-order valence-electron chi connectivity index (χ2n) is 7.74. The third kappa shape index (κ3) is 11.5. The van der Waals surface area contributed by atoms with Crippen molar-refractivity contribution < 1.29 is 54.9 Å². The summed E-state index contributed by atoms with van der Waals surface area (Å²) in [6.45, 7) is 0. The Kier molecular flexibility index (Phi) is 16.4. The molecule has 0 fully saturated rings. The van der Waals surface area contributed by atoms with E-state index in [9.17, 15) is 0 Å². The van der Waals surface area contributed by atoms with Gasteiger partial charge in [-0.2, -0.15) is 0 Å². The van der Waals surface area contributed by atoms with E-state index in [4.69, 9.17) is 42.3 Å². The summed E-state index contributed by atoms with van der Waals surface area (Å²) in [5, 5.41) is 45.7. The zero-order valence-electron chi connectivity index (χ0n) is 22.8. The number of nitrogen functional groups attached to an aromatic ring is 2. The predicted octanol–water partition coefficient (Wildman–Crippen LogP) is 1.75. The monoisotopic (exact) mass is 814 g/mol. The third-order valence-corrected chi connectivity index (χ3v) is 4.97. The third-order valence-electron chi connectivity index (χ3n) is 4.97. The van der Waals surface area contributed by atoms with Gasteiger partial charge in [0.15, 0.2) is 0 Å². The number of aromatic nitrogens is 10. The maximum atomic E-state index is 8.25. The molecule has 6 aromatic rings. The van der Waals surface area contributed by atoms with Crippen molar-refractivity contribution in [3.05, 3.63) is 128 Å². The van der Waals surface area contributed by atoms with Crippen molar-refractivity contribution in [3.63, 3.8) is 0 Å². The van der Waals surface area contributed by atoms with E-state index in [0.717, 1.165) is 0 Å². The summed E-state index contributed by atoms with van der Waals surface area (Å²) in [6.07, 6.45) is 6.74. The first-order valence-corrected chi connectivity index (χ1v) is 11.9. The molecule has 6 heterocycles. The second-order valence-corrected chi connectivity index (χ2v) is 7.74. The van der Waals surface area contributed by atoms with Crippen LogP contribution >= 0.6 is 0 Å². The van der Waals surface area contributed by atoms with Crippen molar-refractivity contribution in [1.29, 1.82) is 0 Å². The minimum atomic E-state index is -1.75. The molecule has 0 aromatic carbocycles. The van der Waals surface area contributed by atoms with Gasteiger partial charge in [-0.3, -0.25) is 19.9 Å². The molecular formula is C24H20Ag2N14O6. The van der Waals surface area contributed by atoms with Crippen LogP contribution in [-0.2, 0) is 44.8 Å². The van der Waals surface area contributed by atoms with Crippen molar-refractivity contribution in [3.8, 4) is 46.1 Å². The normalized spacial score (nSPS) is 9.22. The van der Waals surface area contributed by atoms with E-state index >= 15 is 0 Å². The number of pyridine rings is 4. The van der Waals surface area contributed by atoms with Crippen LogP contribution in [0.3, 0.4) is 0 Å². The number of nitrogens with two attached hydrogens (primary N) is 2. The molecule has 0 saturated heterocycles. The topological polar surface area (TPSA) is 297 Å². The molecule has 0 aliphatic carbocycles. The van der Waals surface area contributed by atoms with E-state index in [-0.39, 0.29) is 44.8 Å². The van der Waals surface area contributed by atoms with Crippen LogP contribution in [0.5, 0.6) is 0 Å². The Bertz CT molecular complexity index is 1510. The van der Waals surface area contributed by atoms with Crippen molar-refractivity contribution in [1.82, 2.24) is 49.7 Å². The van der Waals surface area contributed by atoms with Gasteiger partial charge in [0.05, 0.1) is 10.2 Å². The van der Waals surface area contributed by atoms with Crippen LogP contribution in [0, 0.1) is 30.6 Å². The summed E-state index contributed by atoms with van der Waals surface area (Å²) >= 11 is 0. The Morgan fingerprint density at radius 1 is 0.457 bits per heavy atom. The summed E-state index contributed by atoms with van der Waals surface area (Å²) in [6, 6.07) is 22.1. The van der Waals surface area contributed by atoms with Gasteiger partial charge in [-0.15, -0.1) is 20.4 Å². The summed E-state index contributed by atoms with van der Waals surface area (Å²) < 4.78 is 2.79. The molecule has 0 amide bonds. The molecule has 244 valence electrons. The Morgan fingerprint density at radius 3 is 0.804 bits per heavy atom. The fraction of sp³-hybridized carbons (Fsp3) is 0. The zero-order chi connectivity index (χ0) is 31.9. The quantitative estimate of drug-likeness (QED) is 0.111. The summed E-state index contributed by atoms with van der Waals surface area (Å²) in [4.78, 5) is 33.3. The van der Waals surface area contributed by atoms with Gasteiger partial charge in [-0.05, 0) is 48.5 Å². The van der Waals surface area contributed by atoms with Crippen molar-refractivity contribution in [2.24, 2.45) is 0 Å². The molecule has 6 rings (SSSR count). The molecule has 0 aliphatic heterocycles. The van der Waals surface area contributed by atoms with Crippen molar-refractivity contribution in [2.45, 2.75) is 0 Å². The Morgan fingerprint density at radius 2 is 0.652 bits per heavy atom. The van der Waals surface area contributed by atoms with Crippen LogP contribution < -0.4 is 11.7 Å². The van der Waals surface area contributed by atoms with Gasteiger partial charge in [0.2, 0.25) is 23.3 Å². The maximum absolute atomic E-state index is 8.25. The molecule has 20 nitrogen and oxygen atoms in total. The molecule has 46 heavy (non-hydrogen) atoms. The fourth-order valence-corrected chi connectivity index (χ4v) is 3.26. The number of hydrogen-bond acceptors (Lipinski definition) is 16. The van der Waals surface area contributed by atoms with Crippen LogP contribution in [0.25, 0.3) is 46.1 Å². The molecule has 0 saturated carbocycles. The van der Waals surface area contributed by atoms with Crippen molar-refractivity contribution in [2.75, 3.05) is 11.7 Å². The van der Waals surface area contributed by atoms with Crippen LogP contribution in [0.15, 0.2) is 97.6 Å². The van der Waals surface area contributed by atoms with Crippen LogP contribution in [0.1, 0.15) is 0 Å². The van der Waals surface area contributed by atoms with Crippen LogP contribution in [0.2, 0.25) is 0 Å². The average Bonchev–Trinajstić information content (AvgIpc) is 3.61. The fourth-order valence-electron chi connectivity index (χ4n) is 3.26. The van der Waals surface area contributed by atoms with Gasteiger partial charge < -0.3 is 42.3 Å². The molecular weight excluding hydrogens is 796 g/mol. The minimum Gasteiger partial charge on any atom is -0.356 e. The summed E-state index contributed by atoms with van der Waals surface area (Å²) in [5.41, 5.74) is 2.70. The van der Waals surface area contributed by atoms with Gasteiger partial charge in [0.25, 0.3) is 0 Å². The van der Waals surface area contributed by atoms with Gasteiger partial charge in [-0.1, -0.05) is 24.3 Å². The van der Waals surface area contributed by atoms with Crippen LogP contribution in [0.4, 0.5) is 0 Å². The first-order chi connectivity index (χ1) is 21.2. The number of hydrogen-bond donors (Lipinski definition) is 2. The van der Waals surface area contributed by atoms with E-state index in [0.29, 0.717) is 46.1 Å². The smallest absolute Gasteiger partial charge is 0.356 e. The number of rotatable bonds is 4. The molecule has 22 heteroatoms. The Labute approximate surface area is 289 Å². The first-order valence-electron chi connectivity index (χ1n) is 11.9. The largest absolute Gasteiger partial charge is 1.00 e. The molecule has 0 spiro atoms. The molecule has 0 atom stereocenters. The summed E-state index contributed by atoms with van der Waals surface area (Å²) in [5.74, 6) is 14.0. The molecule has 0 aliphatic rings. The molecule has 0 radical (unpaired) electrons. The first kappa shape index (κ1) is 38.4. The van der Waals surface area contributed by atoms with E-state index in [2.05, 4.69) is 40.3 Å². The summed E-state index contributed by atoms with van der Waals surface area (Å²) in [7, 11) is 0. The maximum Gasteiger partial charge on any atom is 1.00 e. The van der Waals surface area contributed by atoms with E-state index in [1.807, 2.05) is 72.8 Å². The minimum absolute atomic E-state index is 0. The SMILES string of the molecule is Nn1c(-c2ccccn2)nnc1-c1ccccn1.Nn1c(-c2ccccn2)nnc1-c1ccccn1.O=[N+]([O-])[O-].O=[N+]([O-])[O-].[Ag+].[Ag+]. The van der Waals surface area contributed by atoms with Gasteiger partial charge in [0.1, 0.15) is 22.8 Å². The van der Waals surface area contributed by atoms with Crippen molar-refractivity contribution >= 4 is 0 Å². The zero-order valence-corrected chi connectivity index (χ0v) is 25.8. The molecule has 0 unspecified atom stereocenters. The average molecular weight is 816 g/mol. The number of nitrogens with zero attached hydrogens (tertiary/aromatic N) is 12. The van der Waals surface area contributed by atoms with Gasteiger partial charge in [0, 0.05) is 24.8 Å². The Balaban J connectivity index is 0.000000361. The standard InChI is InChI=1S/2C12H10N6.2Ag.2NO3/c2*13-18-11(9-5-1-3-7-14-9)16-17-12(18)10-6-2-4-8-15-10;;;2*2-1(3)4/h2*1-8H,13H2;;;;/q;;2*+1;2*-1. The van der Waals surface area contributed by atoms with Gasteiger partial charge >= 0.3 is 44.8 Å².